The van der Waals surface area contributed by atoms with Gasteiger partial charge in [0.25, 0.3) is 5.91 Å². The average molecular weight is 303 g/mol. The lowest BCUT2D eigenvalue weighted by molar-refractivity contribution is 0.00803. The molecule has 2 aliphatic rings. The van der Waals surface area contributed by atoms with Crippen molar-refractivity contribution in [3.05, 3.63) is 35.4 Å². The summed E-state index contributed by atoms with van der Waals surface area (Å²) in [6, 6.07) is 7.29. The van der Waals surface area contributed by atoms with E-state index in [9.17, 15) is 9.59 Å². The van der Waals surface area contributed by atoms with Crippen LogP contribution in [0.4, 0.5) is 0 Å². The fourth-order valence-corrected chi connectivity index (χ4v) is 3.75. The summed E-state index contributed by atoms with van der Waals surface area (Å²) >= 11 is 0. The average Bonchev–Trinajstić information content (AvgIpc) is 2.83. The molecule has 2 fully saturated rings. The molecule has 0 spiro atoms. The van der Waals surface area contributed by atoms with E-state index in [1.54, 1.807) is 31.4 Å². The third-order valence-corrected chi connectivity index (χ3v) is 4.82. The molecule has 1 amide bonds. The van der Waals surface area contributed by atoms with Crippen molar-refractivity contribution in [1.82, 2.24) is 4.90 Å². The SMILES string of the molecule is COC(=O)c1ccccc1C(=O)N1C2CCC1CC(OC)C2. The Labute approximate surface area is 130 Å². The van der Waals surface area contributed by atoms with Gasteiger partial charge < -0.3 is 14.4 Å². The normalized spacial score (nSPS) is 26.8. The van der Waals surface area contributed by atoms with E-state index in [-0.39, 0.29) is 24.1 Å². The van der Waals surface area contributed by atoms with Crippen LogP contribution < -0.4 is 0 Å². The van der Waals surface area contributed by atoms with Gasteiger partial charge in [-0.3, -0.25) is 4.79 Å². The number of carbonyl (C=O) groups is 2. The molecule has 2 aliphatic heterocycles. The predicted molar refractivity (Wildman–Crippen MR) is 80.8 cm³/mol. The monoisotopic (exact) mass is 303 g/mol. The highest BCUT2D eigenvalue weighted by molar-refractivity contribution is 6.05. The van der Waals surface area contributed by atoms with Crippen LogP contribution in [0.15, 0.2) is 24.3 Å². The highest BCUT2D eigenvalue weighted by Gasteiger charge is 2.44. The minimum Gasteiger partial charge on any atom is -0.465 e. The van der Waals surface area contributed by atoms with Gasteiger partial charge in [-0.25, -0.2) is 4.79 Å². The molecule has 0 aliphatic carbocycles. The summed E-state index contributed by atoms with van der Waals surface area (Å²) < 4.78 is 10.3. The topological polar surface area (TPSA) is 55.8 Å². The standard InChI is InChI=1S/C17H21NO4/c1-21-13-9-11-7-8-12(10-13)18(11)16(19)14-5-3-4-6-15(14)17(20)22-2/h3-6,11-13H,7-10H2,1-2H3. The van der Waals surface area contributed by atoms with Crippen molar-refractivity contribution in [3.63, 3.8) is 0 Å². The van der Waals surface area contributed by atoms with Gasteiger partial charge in [0.1, 0.15) is 0 Å². The number of ether oxygens (including phenoxy) is 2. The smallest absolute Gasteiger partial charge is 0.338 e. The van der Waals surface area contributed by atoms with Gasteiger partial charge in [-0.1, -0.05) is 12.1 Å². The molecule has 0 saturated carbocycles. The lowest BCUT2D eigenvalue weighted by Gasteiger charge is -2.38. The quantitative estimate of drug-likeness (QED) is 0.804. The number of nitrogens with zero attached hydrogens (tertiary/aromatic N) is 1. The first kappa shape index (κ1) is 15.0. The second-order valence-corrected chi connectivity index (χ2v) is 5.96. The number of benzene rings is 1. The fourth-order valence-electron chi connectivity index (χ4n) is 3.75. The van der Waals surface area contributed by atoms with Gasteiger partial charge >= 0.3 is 5.97 Å². The van der Waals surface area contributed by atoms with Crippen LogP contribution in [-0.4, -0.2) is 49.2 Å². The minimum absolute atomic E-state index is 0.0666. The molecule has 0 radical (unpaired) electrons. The molecule has 2 atom stereocenters. The van der Waals surface area contributed by atoms with E-state index in [1.165, 1.54) is 7.11 Å². The summed E-state index contributed by atoms with van der Waals surface area (Å²) in [5.74, 6) is -0.536. The molecule has 5 nitrogen and oxygen atoms in total. The van der Waals surface area contributed by atoms with E-state index < -0.39 is 5.97 Å². The molecular formula is C17H21NO4. The van der Waals surface area contributed by atoms with Crippen LogP contribution in [0.3, 0.4) is 0 Å². The summed E-state index contributed by atoms with van der Waals surface area (Å²) in [6.07, 6.45) is 4.00. The number of hydrogen-bond donors (Lipinski definition) is 0. The van der Waals surface area contributed by atoms with Gasteiger partial charge in [0.05, 0.1) is 24.3 Å². The van der Waals surface area contributed by atoms with E-state index in [1.807, 2.05) is 4.90 Å². The molecule has 2 saturated heterocycles. The van der Waals surface area contributed by atoms with Gasteiger partial charge in [-0.2, -0.15) is 0 Å². The molecule has 1 aromatic rings. The Bertz CT molecular complexity index is 572. The molecule has 5 heteroatoms. The van der Waals surface area contributed by atoms with E-state index in [0.29, 0.717) is 11.1 Å². The van der Waals surface area contributed by atoms with Gasteiger partial charge in [-0.05, 0) is 37.8 Å². The van der Waals surface area contributed by atoms with Crippen LogP contribution in [0.1, 0.15) is 46.4 Å². The van der Waals surface area contributed by atoms with E-state index in [4.69, 9.17) is 9.47 Å². The maximum absolute atomic E-state index is 13.0. The number of fused-ring (bicyclic) bond motifs is 2. The first-order chi connectivity index (χ1) is 10.7. The highest BCUT2D eigenvalue weighted by Crippen LogP contribution is 2.38. The Morgan fingerprint density at radius 2 is 1.64 bits per heavy atom. The van der Waals surface area contributed by atoms with E-state index >= 15 is 0 Å². The first-order valence-corrected chi connectivity index (χ1v) is 7.68. The second kappa shape index (κ2) is 6.08. The summed E-state index contributed by atoms with van der Waals surface area (Å²) in [5, 5.41) is 0. The molecule has 3 rings (SSSR count). The first-order valence-electron chi connectivity index (χ1n) is 7.68. The summed E-state index contributed by atoms with van der Waals surface area (Å²) in [4.78, 5) is 26.8. The lowest BCUT2D eigenvalue weighted by atomic mass is 9.97. The van der Waals surface area contributed by atoms with Crippen LogP contribution in [0.5, 0.6) is 0 Å². The maximum atomic E-state index is 13.0. The zero-order chi connectivity index (χ0) is 15.7. The van der Waals surface area contributed by atoms with Crippen molar-refractivity contribution in [1.29, 1.82) is 0 Å². The zero-order valence-electron chi connectivity index (χ0n) is 13.0. The largest absolute Gasteiger partial charge is 0.465 e. The summed E-state index contributed by atoms with van der Waals surface area (Å²) in [6.45, 7) is 0. The zero-order valence-corrected chi connectivity index (χ0v) is 13.0. The van der Waals surface area contributed by atoms with Gasteiger partial charge in [-0.15, -0.1) is 0 Å². The third-order valence-electron chi connectivity index (χ3n) is 4.82. The maximum Gasteiger partial charge on any atom is 0.338 e. The van der Waals surface area contributed by atoms with Crippen molar-refractivity contribution < 1.29 is 19.1 Å². The Kier molecular flexibility index (Phi) is 4.16. The number of amides is 1. The Balaban J connectivity index is 1.88. The van der Waals surface area contributed by atoms with Crippen molar-refractivity contribution in [2.45, 2.75) is 43.9 Å². The van der Waals surface area contributed by atoms with Crippen molar-refractivity contribution in [2.24, 2.45) is 0 Å². The number of rotatable bonds is 3. The molecule has 0 aromatic heterocycles. The van der Waals surface area contributed by atoms with Crippen molar-refractivity contribution >= 4 is 11.9 Å². The second-order valence-electron chi connectivity index (χ2n) is 5.96. The molecule has 2 bridgehead atoms. The molecular weight excluding hydrogens is 282 g/mol. The van der Waals surface area contributed by atoms with Gasteiger partial charge in [0.2, 0.25) is 0 Å². The number of hydrogen-bond acceptors (Lipinski definition) is 4. The van der Waals surface area contributed by atoms with Gasteiger partial charge in [0.15, 0.2) is 0 Å². The Morgan fingerprint density at radius 1 is 1.05 bits per heavy atom. The highest BCUT2D eigenvalue weighted by atomic mass is 16.5. The lowest BCUT2D eigenvalue weighted by Crippen LogP contribution is -2.48. The molecule has 2 unspecified atom stereocenters. The van der Waals surface area contributed by atoms with Crippen molar-refractivity contribution in [2.75, 3.05) is 14.2 Å². The van der Waals surface area contributed by atoms with E-state index in [0.717, 1.165) is 25.7 Å². The van der Waals surface area contributed by atoms with Crippen LogP contribution in [-0.2, 0) is 9.47 Å². The van der Waals surface area contributed by atoms with Crippen LogP contribution >= 0.6 is 0 Å². The number of piperidine rings is 1. The minimum atomic E-state index is -0.469. The number of esters is 1. The van der Waals surface area contributed by atoms with Crippen molar-refractivity contribution in [3.8, 4) is 0 Å². The fraction of sp³-hybridized carbons (Fsp3) is 0.529. The van der Waals surface area contributed by atoms with Gasteiger partial charge in [0, 0.05) is 19.2 Å². The molecule has 1 aromatic carbocycles. The Morgan fingerprint density at radius 3 is 2.18 bits per heavy atom. The molecule has 118 valence electrons. The third kappa shape index (κ3) is 2.50. The number of carbonyl (C=O) groups excluding carboxylic acids is 2. The predicted octanol–water partition coefficient (Wildman–Crippen LogP) is 2.26. The van der Waals surface area contributed by atoms with E-state index in [2.05, 4.69) is 0 Å². The number of methoxy groups -OCH3 is 2. The van der Waals surface area contributed by atoms with Crippen LogP contribution in [0.2, 0.25) is 0 Å². The molecule has 22 heavy (non-hydrogen) atoms. The molecule has 0 N–H and O–H groups in total. The summed E-state index contributed by atoms with van der Waals surface area (Å²) in [5.41, 5.74) is 0.769. The molecule has 2 heterocycles. The van der Waals surface area contributed by atoms with Crippen LogP contribution in [0, 0.1) is 0 Å². The van der Waals surface area contributed by atoms with Crippen LogP contribution in [0.25, 0.3) is 0 Å². The Hall–Kier alpha value is -1.88. The summed E-state index contributed by atoms with van der Waals surface area (Å²) in [7, 11) is 3.06.